The van der Waals surface area contributed by atoms with E-state index in [1.54, 1.807) is 28.2 Å². The van der Waals surface area contributed by atoms with Gasteiger partial charge in [-0.15, -0.1) is 0 Å². The van der Waals surface area contributed by atoms with E-state index in [1.165, 1.54) is 28.4 Å². The molecule has 4 rings (SSSR count). The Hall–Kier alpha value is -4.52. The van der Waals surface area contributed by atoms with Crippen molar-refractivity contribution in [3.8, 4) is 0 Å². The SMILES string of the molecule is CC.CC.CC.CC.CN=C=NC.CN=C=NC.COC(OC)(OC)OC.c1ccccc1.c1ccccc1.c1ccccc1.c1ccccc1. The highest BCUT2D eigenvalue weighted by atomic mass is 17.0. The highest BCUT2D eigenvalue weighted by Gasteiger charge is 2.28. The molecule has 4 aromatic carbocycles. The first-order valence-electron chi connectivity index (χ1n) is 17.1. The monoisotopic (exact) mass is 709 g/mol. The Morgan fingerprint density at radius 3 is 0.392 bits per heavy atom. The molecule has 0 fully saturated rings. The van der Waals surface area contributed by atoms with E-state index >= 15 is 0 Å². The van der Waals surface area contributed by atoms with E-state index in [4.69, 9.17) is 18.9 Å². The molecule has 8 heteroatoms. The molecular weight excluding hydrogens is 636 g/mol. The molecule has 0 saturated heterocycles. The summed E-state index contributed by atoms with van der Waals surface area (Å²) in [4.78, 5) is 13.8. The molecule has 288 valence electrons. The van der Waals surface area contributed by atoms with Gasteiger partial charge < -0.3 is 18.9 Å². The van der Waals surface area contributed by atoms with Gasteiger partial charge in [-0.1, -0.05) is 201 Å². The summed E-state index contributed by atoms with van der Waals surface area (Å²) in [5.41, 5.74) is 0. The average molecular weight is 709 g/mol. The van der Waals surface area contributed by atoms with Crippen molar-refractivity contribution >= 4 is 12.0 Å². The van der Waals surface area contributed by atoms with E-state index in [1.807, 2.05) is 201 Å². The molecular formula is C43H72N4O4. The zero-order valence-electron chi connectivity index (χ0n) is 34.8. The van der Waals surface area contributed by atoms with Gasteiger partial charge in [-0.05, 0) is 0 Å². The second-order valence-electron chi connectivity index (χ2n) is 7.03. The predicted molar refractivity (Wildman–Crippen MR) is 225 cm³/mol. The minimum absolute atomic E-state index is 1.33. The van der Waals surface area contributed by atoms with Crippen molar-refractivity contribution in [3.05, 3.63) is 146 Å². The van der Waals surface area contributed by atoms with Crippen LogP contribution in [0.3, 0.4) is 0 Å². The molecule has 0 saturated carbocycles. The van der Waals surface area contributed by atoms with Crippen molar-refractivity contribution in [3.63, 3.8) is 0 Å². The molecule has 0 spiro atoms. The Bertz CT molecular complexity index is 837. The lowest BCUT2D eigenvalue weighted by molar-refractivity contribution is -0.472. The first-order chi connectivity index (χ1) is 25.1. The maximum atomic E-state index is 4.72. The largest absolute Gasteiger partial charge is 0.411 e. The van der Waals surface area contributed by atoms with Gasteiger partial charge in [0.15, 0.2) is 0 Å². The quantitative estimate of drug-likeness (QED) is 0.156. The first-order valence-corrected chi connectivity index (χ1v) is 17.1. The van der Waals surface area contributed by atoms with Crippen LogP contribution >= 0.6 is 0 Å². The van der Waals surface area contributed by atoms with Crippen molar-refractivity contribution in [1.29, 1.82) is 0 Å². The third-order valence-electron chi connectivity index (χ3n) is 4.07. The number of ether oxygens (including phenoxy) is 4. The second kappa shape index (κ2) is 71.5. The molecule has 0 aliphatic heterocycles. The minimum Gasteiger partial charge on any atom is -0.307 e. The van der Waals surface area contributed by atoms with E-state index in [0.717, 1.165) is 0 Å². The number of aliphatic imine (C=N–C) groups is 4. The number of hydrogen-bond donors (Lipinski definition) is 0. The van der Waals surface area contributed by atoms with Crippen LogP contribution in [-0.2, 0) is 18.9 Å². The van der Waals surface area contributed by atoms with Crippen LogP contribution in [0.2, 0.25) is 0 Å². The van der Waals surface area contributed by atoms with Crippen LogP contribution in [-0.4, -0.2) is 74.8 Å². The van der Waals surface area contributed by atoms with E-state index < -0.39 is 6.16 Å². The van der Waals surface area contributed by atoms with Gasteiger partial charge in [0.2, 0.25) is 0 Å². The third-order valence-corrected chi connectivity index (χ3v) is 4.07. The lowest BCUT2D eigenvalue weighted by Gasteiger charge is -2.25. The maximum absolute atomic E-state index is 4.72. The Balaban J connectivity index is -0.0000000862. The molecule has 0 aliphatic carbocycles. The molecule has 8 nitrogen and oxygen atoms in total. The fourth-order valence-electron chi connectivity index (χ4n) is 2.24. The summed E-state index contributed by atoms with van der Waals surface area (Å²) >= 11 is 0. The molecule has 0 heterocycles. The summed E-state index contributed by atoms with van der Waals surface area (Å²) in [5, 5.41) is 0. The average Bonchev–Trinajstić information content (AvgIpc) is 3.26. The van der Waals surface area contributed by atoms with Crippen LogP contribution in [0.4, 0.5) is 0 Å². The Morgan fingerprint density at radius 2 is 0.373 bits per heavy atom. The zero-order valence-corrected chi connectivity index (χ0v) is 34.8. The Kier molecular flexibility index (Phi) is 86.5. The van der Waals surface area contributed by atoms with E-state index in [2.05, 4.69) is 32.0 Å². The highest BCUT2D eigenvalue weighted by Crippen LogP contribution is 2.11. The van der Waals surface area contributed by atoms with Crippen molar-refractivity contribution in [1.82, 2.24) is 0 Å². The van der Waals surface area contributed by atoms with Crippen LogP contribution < -0.4 is 0 Å². The lowest BCUT2D eigenvalue weighted by Crippen LogP contribution is -2.37. The van der Waals surface area contributed by atoms with E-state index in [0.29, 0.717) is 0 Å². The topological polar surface area (TPSA) is 86.4 Å². The van der Waals surface area contributed by atoms with Gasteiger partial charge >= 0.3 is 6.16 Å². The molecule has 0 aliphatic rings. The first kappa shape index (κ1) is 61.7. The highest BCUT2D eigenvalue weighted by molar-refractivity contribution is 5.40. The van der Waals surface area contributed by atoms with Crippen LogP contribution in [0.5, 0.6) is 0 Å². The Labute approximate surface area is 314 Å². The van der Waals surface area contributed by atoms with E-state index in [-0.39, 0.29) is 0 Å². The second-order valence-corrected chi connectivity index (χ2v) is 7.03. The van der Waals surface area contributed by atoms with Crippen LogP contribution in [0.25, 0.3) is 0 Å². The fourth-order valence-corrected chi connectivity index (χ4v) is 2.24. The number of methoxy groups -OCH3 is 4. The van der Waals surface area contributed by atoms with Crippen molar-refractivity contribution in [2.45, 2.75) is 61.5 Å². The minimum atomic E-state index is -1.33. The van der Waals surface area contributed by atoms with Gasteiger partial charge in [-0.25, -0.2) is 20.0 Å². The summed E-state index contributed by atoms with van der Waals surface area (Å²) in [6, 6.07) is 52.7. The van der Waals surface area contributed by atoms with Crippen LogP contribution in [0.15, 0.2) is 166 Å². The molecule has 0 bridgehead atoms. The molecule has 0 amide bonds. The summed E-state index contributed by atoms with van der Waals surface area (Å²) in [7, 11) is 12.2. The van der Waals surface area contributed by atoms with Gasteiger partial charge in [0.25, 0.3) is 0 Å². The smallest absolute Gasteiger partial charge is 0.307 e. The van der Waals surface area contributed by atoms with Gasteiger partial charge in [-0.2, -0.15) is 0 Å². The fraction of sp³-hybridized carbons (Fsp3) is 0.395. The van der Waals surface area contributed by atoms with Crippen LogP contribution in [0, 0.1) is 0 Å². The molecule has 0 N–H and O–H groups in total. The van der Waals surface area contributed by atoms with Gasteiger partial charge in [0, 0.05) is 56.6 Å². The molecule has 51 heavy (non-hydrogen) atoms. The molecule has 0 unspecified atom stereocenters. The summed E-state index contributed by atoms with van der Waals surface area (Å²) < 4.78 is 18.9. The van der Waals surface area contributed by atoms with Crippen molar-refractivity contribution < 1.29 is 18.9 Å². The molecule has 4 aromatic rings. The van der Waals surface area contributed by atoms with E-state index in [9.17, 15) is 0 Å². The van der Waals surface area contributed by atoms with Gasteiger partial charge in [0.1, 0.15) is 0 Å². The normalized spacial score (nSPS) is 7.37. The Morgan fingerprint density at radius 1 is 0.275 bits per heavy atom. The number of benzene rings is 4. The summed E-state index contributed by atoms with van der Waals surface area (Å²) in [6.07, 6.45) is -1.33. The van der Waals surface area contributed by atoms with Gasteiger partial charge in [-0.3, -0.25) is 0 Å². The summed E-state index contributed by atoms with van der Waals surface area (Å²) in [6.45, 7) is 16.0. The number of hydrogen-bond acceptors (Lipinski definition) is 8. The van der Waals surface area contributed by atoms with Gasteiger partial charge in [0.05, 0.1) is 12.0 Å². The number of nitrogens with zero attached hydrogens (tertiary/aromatic N) is 4. The summed E-state index contributed by atoms with van der Waals surface area (Å²) in [5.74, 6) is 0. The van der Waals surface area contributed by atoms with Crippen molar-refractivity contribution in [2.75, 3.05) is 56.6 Å². The molecule has 0 aromatic heterocycles. The lowest BCUT2D eigenvalue weighted by atomic mass is 10.4. The third kappa shape index (κ3) is 68.3. The standard InChI is InChI=1S/4C6H6.C5H12O4.2C3H6N2.4C2H6/c4*1-2-4-6-5-3-1;1-6-5(7-2,8-3)9-4;2*1-4-3-5-2;4*1-2/h4*1-6H;1-4H3;2*1-2H3;4*1-2H3. The maximum Gasteiger partial charge on any atom is 0.411 e. The zero-order chi connectivity index (χ0) is 40.5. The van der Waals surface area contributed by atoms with Crippen LogP contribution in [0.1, 0.15) is 55.4 Å². The predicted octanol–water partition coefficient (Wildman–Crippen LogP) is 11.9. The molecule has 0 atom stereocenters. The van der Waals surface area contributed by atoms with Crippen molar-refractivity contribution in [2.24, 2.45) is 20.0 Å². The molecule has 0 radical (unpaired) electrons. The number of rotatable bonds is 4.